The summed E-state index contributed by atoms with van der Waals surface area (Å²) >= 11 is 0. The summed E-state index contributed by atoms with van der Waals surface area (Å²) in [5, 5.41) is 7.04. The Balaban J connectivity index is 1.73. The van der Waals surface area contributed by atoms with Crippen molar-refractivity contribution < 1.29 is 18.1 Å². The molecule has 114 valence electrons. The minimum absolute atomic E-state index is 0.141. The second kappa shape index (κ2) is 5.59. The number of aromatic nitrogens is 2. The lowest BCUT2D eigenvalue weighted by Crippen LogP contribution is -2.22. The summed E-state index contributed by atoms with van der Waals surface area (Å²) in [5.41, 5.74) is 1.89. The quantitative estimate of drug-likeness (QED) is 0.805. The topological polar surface area (TPSA) is 60.1 Å². The van der Waals surface area contributed by atoms with Crippen LogP contribution < -0.4 is 5.32 Å². The van der Waals surface area contributed by atoms with Gasteiger partial charge in [-0.15, -0.1) is 0 Å². The number of carbonyl (C=O) groups is 1. The highest BCUT2D eigenvalue weighted by Crippen LogP contribution is 2.22. The third-order valence-electron chi connectivity index (χ3n) is 3.30. The molecule has 5 nitrogen and oxygen atoms in total. The van der Waals surface area contributed by atoms with Crippen LogP contribution in [0.25, 0.3) is 10.9 Å². The number of nitrogens with zero attached hydrogens (tertiary/aromatic N) is 2. The number of benzene rings is 1. The number of fused-ring (bicyclic) bond motifs is 1. The van der Waals surface area contributed by atoms with Crippen LogP contribution in [0.1, 0.15) is 28.4 Å². The third-order valence-corrected chi connectivity index (χ3v) is 3.30. The monoisotopic (exact) mass is 305 g/mol. The third kappa shape index (κ3) is 2.69. The lowest BCUT2D eigenvalue weighted by Gasteiger charge is -2.06. The number of hydrogen-bond donors (Lipinski definition) is 1. The van der Waals surface area contributed by atoms with Crippen molar-refractivity contribution in [3.8, 4) is 0 Å². The van der Waals surface area contributed by atoms with E-state index >= 15 is 0 Å². The Bertz CT molecular complexity index is 823. The van der Waals surface area contributed by atoms with E-state index in [1.54, 1.807) is 37.3 Å². The van der Waals surface area contributed by atoms with Crippen LogP contribution in [0.5, 0.6) is 0 Å². The van der Waals surface area contributed by atoms with Gasteiger partial charge in [-0.25, -0.2) is 0 Å². The van der Waals surface area contributed by atoms with Crippen LogP contribution in [-0.4, -0.2) is 15.6 Å². The Morgan fingerprint density at radius 2 is 2.18 bits per heavy atom. The van der Waals surface area contributed by atoms with E-state index < -0.39 is 6.55 Å². The Morgan fingerprint density at radius 3 is 2.86 bits per heavy atom. The molecule has 0 aliphatic rings. The van der Waals surface area contributed by atoms with Crippen molar-refractivity contribution in [3.63, 3.8) is 0 Å². The molecule has 0 aliphatic heterocycles. The summed E-state index contributed by atoms with van der Waals surface area (Å²) in [6.07, 6.45) is 1.34. The van der Waals surface area contributed by atoms with Gasteiger partial charge in [-0.2, -0.15) is 8.78 Å². The van der Waals surface area contributed by atoms with E-state index in [4.69, 9.17) is 4.52 Å². The minimum atomic E-state index is -2.57. The van der Waals surface area contributed by atoms with Gasteiger partial charge in [0.1, 0.15) is 0 Å². The number of rotatable bonds is 4. The largest absolute Gasteiger partial charge is 0.351 e. The molecule has 22 heavy (non-hydrogen) atoms. The standard InChI is InChI=1S/C15H13F2N3O2/c1-9-6-13(22-19-9)14(21)18-8-10-2-3-12-11(7-10)4-5-20(12)15(16)17/h2-7,15H,8H2,1H3,(H,18,21). The van der Waals surface area contributed by atoms with E-state index in [0.717, 1.165) is 10.1 Å². The molecule has 0 aliphatic carbocycles. The molecule has 0 saturated carbocycles. The fourth-order valence-electron chi connectivity index (χ4n) is 2.23. The van der Waals surface area contributed by atoms with Crippen LogP contribution in [-0.2, 0) is 6.54 Å². The van der Waals surface area contributed by atoms with Crippen LogP contribution in [0.2, 0.25) is 0 Å². The van der Waals surface area contributed by atoms with E-state index in [2.05, 4.69) is 10.5 Å². The highest BCUT2D eigenvalue weighted by Gasteiger charge is 2.12. The first-order valence-electron chi connectivity index (χ1n) is 6.64. The van der Waals surface area contributed by atoms with Crippen LogP contribution >= 0.6 is 0 Å². The van der Waals surface area contributed by atoms with Gasteiger partial charge in [-0.3, -0.25) is 9.36 Å². The summed E-state index contributed by atoms with van der Waals surface area (Å²) in [4.78, 5) is 11.8. The molecule has 0 fully saturated rings. The minimum Gasteiger partial charge on any atom is -0.351 e. The molecule has 7 heteroatoms. The fraction of sp³-hybridized carbons (Fsp3) is 0.200. The predicted molar refractivity (Wildman–Crippen MR) is 75.6 cm³/mol. The van der Waals surface area contributed by atoms with Crippen molar-refractivity contribution in [2.75, 3.05) is 0 Å². The number of carbonyl (C=O) groups excluding carboxylic acids is 1. The van der Waals surface area contributed by atoms with E-state index in [9.17, 15) is 13.6 Å². The van der Waals surface area contributed by atoms with E-state index in [1.165, 1.54) is 6.20 Å². The number of alkyl halides is 2. The van der Waals surface area contributed by atoms with Gasteiger partial charge in [0.25, 0.3) is 5.91 Å². The highest BCUT2D eigenvalue weighted by atomic mass is 19.3. The molecule has 3 rings (SSSR count). The average Bonchev–Trinajstić information content (AvgIpc) is 3.10. The molecular weight excluding hydrogens is 292 g/mol. The first-order valence-corrected chi connectivity index (χ1v) is 6.64. The number of nitrogens with one attached hydrogen (secondary N) is 1. The zero-order valence-electron chi connectivity index (χ0n) is 11.7. The van der Waals surface area contributed by atoms with Gasteiger partial charge >= 0.3 is 6.55 Å². The summed E-state index contributed by atoms with van der Waals surface area (Å²) < 4.78 is 31.3. The van der Waals surface area contributed by atoms with Crippen molar-refractivity contribution in [1.82, 2.24) is 15.0 Å². The van der Waals surface area contributed by atoms with Crippen LogP contribution in [0, 0.1) is 6.92 Å². The van der Waals surface area contributed by atoms with Crippen molar-refractivity contribution in [1.29, 1.82) is 0 Å². The first kappa shape index (κ1) is 14.2. The summed E-state index contributed by atoms with van der Waals surface area (Å²) in [5.74, 6) is -0.228. The second-order valence-corrected chi connectivity index (χ2v) is 4.91. The smallest absolute Gasteiger partial charge is 0.319 e. The van der Waals surface area contributed by atoms with Crippen molar-refractivity contribution in [2.24, 2.45) is 0 Å². The molecule has 1 aromatic carbocycles. The van der Waals surface area contributed by atoms with E-state index in [-0.39, 0.29) is 18.2 Å². The molecule has 0 spiro atoms. The van der Waals surface area contributed by atoms with Crippen LogP contribution in [0.3, 0.4) is 0 Å². The van der Waals surface area contributed by atoms with Gasteiger partial charge in [-0.05, 0) is 30.7 Å². The van der Waals surface area contributed by atoms with Crippen LogP contribution in [0.15, 0.2) is 41.1 Å². The van der Waals surface area contributed by atoms with E-state index in [1.807, 2.05) is 0 Å². The Labute approximate surface area is 124 Å². The second-order valence-electron chi connectivity index (χ2n) is 4.91. The van der Waals surface area contributed by atoms with Gasteiger partial charge in [-0.1, -0.05) is 11.2 Å². The van der Waals surface area contributed by atoms with Gasteiger partial charge in [0, 0.05) is 24.2 Å². The maximum absolute atomic E-state index is 12.8. The molecule has 0 unspecified atom stereocenters. The van der Waals surface area contributed by atoms with Crippen LogP contribution in [0.4, 0.5) is 8.78 Å². The van der Waals surface area contributed by atoms with Gasteiger partial charge in [0.05, 0.1) is 11.2 Å². The zero-order chi connectivity index (χ0) is 15.7. The molecule has 1 N–H and O–H groups in total. The number of aryl methyl sites for hydroxylation is 1. The Hall–Kier alpha value is -2.70. The molecule has 3 aromatic rings. The average molecular weight is 305 g/mol. The molecular formula is C15H13F2N3O2. The predicted octanol–water partition coefficient (Wildman–Crippen LogP) is 3.26. The van der Waals surface area contributed by atoms with E-state index in [0.29, 0.717) is 16.6 Å². The summed E-state index contributed by atoms with van der Waals surface area (Å²) in [6, 6.07) is 8.24. The molecule has 0 radical (unpaired) electrons. The normalized spacial score (nSPS) is 11.3. The fourth-order valence-corrected chi connectivity index (χ4v) is 2.23. The number of halogens is 2. The van der Waals surface area contributed by atoms with Crippen molar-refractivity contribution >= 4 is 16.8 Å². The maximum Gasteiger partial charge on any atom is 0.319 e. The van der Waals surface area contributed by atoms with Crippen molar-refractivity contribution in [3.05, 3.63) is 53.5 Å². The zero-order valence-corrected chi connectivity index (χ0v) is 11.7. The summed E-state index contributed by atoms with van der Waals surface area (Å²) in [7, 11) is 0. The summed E-state index contributed by atoms with van der Waals surface area (Å²) in [6.45, 7) is -0.575. The molecule has 2 aromatic heterocycles. The van der Waals surface area contributed by atoms with Gasteiger partial charge in [0.2, 0.25) is 5.76 Å². The van der Waals surface area contributed by atoms with Gasteiger partial charge in [0.15, 0.2) is 0 Å². The maximum atomic E-state index is 12.8. The first-order chi connectivity index (χ1) is 10.5. The Morgan fingerprint density at radius 1 is 1.36 bits per heavy atom. The molecule has 0 saturated heterocycles. The van der Waals surface area contributed by atoms with Gasteiger partial charge < -0.3 is 9.84 Å². The lowest BCUT2D eigenvalue weighted by molar-refractivity contribution is 0.0752. The lowest BCUT2D eigenvalue weighted by atomic mass is 10.1. The molecule has 1 amide bonds. The number of hydrogen-bond acceptors (Lipinski definition) is 3. The molecule has 2 heterocycles. The van der Waals surface area contributed by atoms with Crippen molar-refractivity contribution in [2.45, 2.75) is 20.0 Å². The number of amides is 1. The molecule has 0 atom stereocenters. The molecule has 0 bridgehead atoms. The Kier molecular flexibility index (Phi) is 3.62. The highest BCUT2D eigenvalue weighted by molar-refractivity contribution is 5.91. The SMILES string of the molecule is Cc1cc(C(=O)NCc2ccc3c(ccn3C(F)F)c2)on1.